The van der Waals surface area contributed by atoms with Crippen molar-refractivity contribution >= 4 is 74.3 Å². The predicted molar refractivity (Wildman–Crippen MR) is 259 cm³/mol. The molecule has 1 fully saturated rings. The van der Waals surface area contributed by atoms with Crippen LogP contribution in [0.5, 0.6) is 0 Å². The lowest BCUT2D eigenvalue weighted by molar-refractivity contribution is 0.444. The molecule has 0 atom stereocenters. The van der Waals surface area contributed by atoms with Gasteiger partial charge in [-0.25, -0.2) is 0 Å². The molecule has 2 aliphatic heterocycles. The average molecular weight is 786 g/mol. The Kier molecular flexibility index (Phi) is 8.39. The van der Waals surface area contributed by atoms with E-state index >= 15 is 0 Å². The maximum atomic E-state index is 2.69. The fourth-order valence-corrected chi connectivity index (χ4v) is 11.5. The van der Waals surface area contributed by atoms with Crippen LogP contribution in [0.1, 0.15) is 68.6 Å². The minimum Gasteiger partial charge on any atom is -0.311 e. The molecule has 4 heteroatoms. The smallest absolute Gasteiger partial charge is 0.252 e. The number of fused-ring (bicyclic) bond motifs is 7. The van der Waals surface area contributed by atoms with Crippen LogP contribution < -0.4 is 31.1 Å². The molecule has 2 aliphatic carbocycles. The van der Waals surface area contributed by atoms with Crippen LogP contribution >= 0.6 is 0 Å². The zero-order valence-corrected chi connectivity index (χ0v) is 34.9. The molecule has 0 bridgehead atoms. The van der Waals surface area contributed by atoms with Gasteiger partial charge in [-0.2, -0.15) is 0 Å². The molecule has 0 unspecified atom stereocenters. The Balaban J connectivity index is 1.19. The highest BCUT2D eigenvalue weighted by Gasteiger charge is 2.46. The van der Waals surface area contributed by atoms with E-state index in [-0.39, 0.29) is 12.1 Å². The first kappa shape index (κ1) is 36.1. The highest BCUT2D eigenvalue weighted by molar-refractivity contribution is 7.00. The van der Waals surface area contributed by atoms with Gasteiger partial charge >= 0.3 is 0 Å². The molecule has 2 heterocycles. The van der Waals surface area contributed by atoms with Crippen LogP contribution in [0.25, 0.3) is 11.1 Å². The van der Waals surface area contributed by atoms with Crippen LogP contribution in [-0.2, 0) is 5.41 Å². The predicted octanol–water partition coefficient (Wildman–Crippen LogP) is 13.6. The summed E-state index contributed by atoms with van der Waals surface area (Å²) in [6.45, 7) is 4.91. The van der Waals surface area contributed by atoms with Crippen LogP contribution in [0.3, 0.4) is 0 Å². The topological polar surface area (TPSA) is 9.72 Å². The summed E-state index contributed by atoms with van der Waals surface area (Å²) in [5.74, 6) is 0.520. The van der Waals surface area contributed by atoms with E-state index in [2.05, 4.69) is 217 Å². The molecule has 0 radical (unpaired) electrons. The standard InChI is InChI=1S/C57H48BN3/c1-57(2)47-30-16-15-28-45(47)46-29-19-33-51(55(46)57)61-52-38-44(59(41-22-9-4-10-23-41)42-24-11-5-12-25-42)34-35-49(52)58-48-31-17-18-32-50(48)60(43-26-13-6-14-27-43)53-36-40(37-54(61)56(53)58)39-20-7-3-8-21-39/h4-6,9-19,22-39H,3,7-8,20-21H2,1-2H3. The van der Waals surface area contributed by atoms with Crippen molar-refractivity contribution in [2.24, 2.45) is 0 Å². The van der Waals surface area contributed by atoms with E-state index < -0.39 is 0 Å². The largest absolute Gasteiger partial charge is 0.311 e. The highest BCUT2D eigenvalue weighted by Crippen LogP contribution is 2.56. The van der Waals surface area contributed by atoms with Gasteiger partial charge in [-0.3, -0.25) is 0 Å². The van der Waals surface area contributed by atoms with Crippen molar-refractivity contribution in [2.75, 3.05) is 14.7 Å². The molecule has 1 saturated carbocycles. The molecule has 3 nitrogen and oxygen atoms in total. The van der Waals surface area contributed by atoms with Crippen LogP contribution in [-0.4, -0.2) is 6.71 Å². The molecule has 4 aliphatic rings. The third-order valence-electron chi connectivity index (χ3n) is 14.2. The lowest BCUT2D eigenvalue weighted by atomic mass is 9.33. The van der Waals surface area contributed by atoms with Gasteiger partial charge < -0.3 is 14.7 Å². The second kappa shape index (κ2) is 14.2. The summed E-state index contributed by atoms with van der Waals surface area (Å²) in [6.07, 6.45) is 6.36. The maximum absolute atomic E-state index is 2.69. The number of rotatable bonds is 6. The minimum absolute atomic E-state index is 0.0470. The van der Waals surface area contributed by atoms with Crippen molar-refractivity contribution in [3.05, 3.63) is 205 Å². The molecule has 0 amide bonds. The van der Waals surface area contributed by atoms with Gasteiger partial charge in [0.15, 0.2) is 0 Å². The molecular weight excluding hydrogens is 737 g/mol. The summed E-state index contributed by atoms with van der Waals surface area (Å²) in [5.41, 5.74) is 21.7. The Labute approximate surface area is 360 Å². The van der Waals surface area contributed by atoms with Gasteiger partial charge in [-0.15, -0.1) is 0 Å². The lowest BCUT2D eigenvalue weighted by Crippen LogP contribution is -2.61. The van der Waals surface area contributed by atoms with Crippen LogP contribution in [0, 0.1) is 0 Å². The number of nitrogens with zero attached hydrogens (tertiary/aromatic N) is 3. The van der Waals surface area contributed by atoms with Gasteiger partial charge in [-0.1, -0.05) is 148 Å². The lowest BCUT2D eigenvalue weighted by Gasteiger charge is -2.46. The summed E-state index contributed by atoms with van der Waals surface area (Å²) in [7, 11) is 0. The van der Waals surface area contributed by atoms with Crippen molar-refractivity contribution in [1.82, 2.24) is 0 Å². The second-order valence-electron chi connectivity index (χ2n) is 17.9. The first-order valence-corrected chi connectivity index (χ1v) is 22.3. The van der Waals surface area contributed by atoms with Gasteiger partial charge in [0.2, 0.25) is 0 Å². The molecule has 8 aromatic rings. The molecule has 294 valence electrons. The van der Waals surface area contributed by atoms with Crippen LogP contribution in [0.15, 0.2) is 188 Å². The van der Waals surface area contributed by atoms with Gasteiger partial charge in [-0.05, 0) is 136 Å². The zero-order chi connectivity index (χ0) is 40.7. The van der Waals surface area contributed by atoms with Crippen molar-refractivity contribution in [3.63, 3.8) is 0 Å². The van der Waals surface area contributed by atoms with E-state index in [1.165, 1.54) is 110 Å². The summed E-state index contributed by atoms with van der Waals surface area (Å²) < 4.78 is 0. The van der Waals surface area contributed by atoms with E-state index in [4.69, 9.17) is 0 Å². The van der Waals surface area contributed by atoms with Crippen molar-refractivity contribution < 1.29 is 0 Å². The van der Waals surface area contributed by atoms with E-state index in [0.717, 1.165) is 17.1 Å². The first-order valence-electron chi connectivity index (χ1n) is 22.3. The van der Waals surface area contributed by atoms with E-state index in [1.54, 1.807) is 0 Å². The van der Waals surface area contributed by atoms with Gasteiger partial charge in [0.25, 0.3) is 6.71 Å². The second-order valence-corrected chi connectivity index (χ2v) is 17.9. The minimum atomic E-state index is -0.207. The fourth-order valence-electron chi connectivity index (χ4n) is 11.5. The quantitative estimate of drug-likeness (QED) is 0.156. The third-order valence-corrected chi connectivity index (χ3v) is 14.2. The van der Waals surface area contributed by atoms with Crippen LogP contribution in [0.4, 0.5) is 51.2 Å². The van der Waals surface area contributed by atoms with E-state index in [9.17, 15) is 0 Å². The number of para-hydroxylation sites is 4. The molecule has 61 heavy (non-hydrogen) atoms. The maximum Gasteiger partial charge on any atom is 0.252 e. The third kappa shape index (κ3) is 5.58. The summed E-state index contributed by atoms with van der Waals surface area (Å²) in [4.78, 5) is 7.67. The Morgan fingerprint density at radius 3 is 1.80 bits per heavy atom. The highest BCUT2D eigenvalue weighted by atomic mass is 15.2. The summed E-state index contributed by atoms with van der Waals surface area (Å²) >= 11 is 0. The van der Waals surface area contributed by atoms with Gasteiger partial charge in [0.1, 0.15) is 0 Å². The normalized spacial score (nSPS) is 15.7. The Hall–Kier alpha value is -6.78. The fraction of sp³-hybridized carbons (Fsp3) is 0.158. The average Bonchev–Trinajstić information content (AvgIpc) is 3.56. The molecule has 12 rings (SSSR count). The van der Waals surface area contributed by atoms with Gasteiger partial charge in [0.05, 0.1) is 5.69 Å². The molecule has 0 saturated heterocycles. The molecule has 0 spiro atoms. The van der Waals surface area contributed by atoms with Crippen LogP contribution in [0.2, 0.25) is 0 Å². The van der Waals surface area contributed by atoms with Crippen molar-refractivity contribution in [3.8, 4) is 11.1 Å². The summed E-state index contributed by atoms with van der Waals surface area (Å²) in [5, 5.41) is 0. The Morgan fingerprint density at radius 2 is 1.07 bits per heavy atom. The van der Waals surface area contributed by atoms with E-state index in [0.29, 0.717) is 5.92 Å². The SMILES string of the molecule is CC1(C)c2ccccc2-c2cccc(N3c4cc(N(c5ccccc5)c5ccccc5)ccc4B4c5ccccc5N(c5ccccc5)c5cc(C6CCCCC6)cc3c54)c21. The monoisotopic (exact) mass is 785 g/mol. The van der Waals surface area contributed by atoms with Crippen molar-refractivity contribution in [1.29, 1.82) is 0 Å². The Bertz CT molecular complexity index is 2910. The Morgan fingerprint density at radius 1 is 0.475 bits per heavy atom. The number of hydrogen-bond acceptors (Lipinski definition) is 3. The van der Waals surface area contributed by atoms with E-state index in [1.807, 2.05) is 0 Å². The van der Waals surface area contributed by atoms with Crippen molar-refractivity contribution in [2.45, 2.75) is 57.3 Å². The first-order chi connectivity index (χ1) is 30.1. The number of hydrogen-bond donors (Lipinski definition) is 0. The molecule has 0 N–H and O–H groups in total. The molecule has 0 aromatic heterocycles. The number of benzene rings is 8. The van der Waals surface area contributed by atoms with Gasteiger partial charge in [0, 0.05) is 50.9 Å². The number of anilines is 9. The molecular formula is C57H48BN3. The zero-order valence-electron chi connectivity index (χ0n) is 34.9. The summed E-state index contributed by atoms with van der Waals surface area (Å²) in [6, 6.07) is 70.6. The molecule has 8 aromatic carbocycles.